The molecule has 0 spiro atoms. The van der Waals surface area contributed by atoms with E-state index >= 15 is 0 Å². The number of halogens is 1. The highest BCUT2D eigenvalue weighted by molar-refractivity contribution is 7.95. The van der Waals surface area contributed by atoms with Crippen LogP contribution in [0.2, 0.25) is 0 Å². The van der Waals surface area contributed by atoms with Crippen LogP contribution in [-0.2, 0) is 4.79 Å². The summed E-state index contributed by atoms with van der Waals surface area (Å²) < 4.78 is 12.1. The molecule has 1 aliphatic heterocycles. The molecular formula is C9H10FN3OS. The van der Waals surface area contributed by atoms with E-state index in [9.17, 15) is 8.68 Å². The molecule has 1 heterocycles. The molecule has 0 fully saturated rings. The summed E-state index contributed by atoms with van der Waals surface area (Å²) in [4.78, 5) is 11.1. The molecule has 1 aliphatic rings. The van der Waals surface area contributed by atoms with Crippen LogP contribution in [0.1, 0.15) is 0 Å². The van der Waals surface area contributed by atoms with Gasteiger partial charge in [0.25, 0.3) is 0 Å². The minimum Gasteiger partial charge on any atom is -0.372 e. The summed E-state index contributed by atoms with van der Waals surface area (Å²) in [5.74, 6) is -0.331. The van der Waals surface area contributed by atoms with Gasteiger partial charge in [-0.25, -0.2) is 0 Å². The Hall–Kier alpha value is -1.56. The van der Waals surface area contributed by atoms with Crippen molar-refractivity contribution < 1.29 is 8.68 Å². The molecule has 0 aliphatic carbocycles. The molecule has 1 atom stereocenters. The first kappa shape index (κ1) is 11.5. The van der Waals surface area contributed by atoms with Crippen LogP contribution in [0.25, 0.3) is 0 Å². The second-order valence-corrected chi connectivity index (χ2v) is 3.34. The Morgan fingerprint density at radius 3 is 3.07 bits per heavy atom. The van der Waals surface area contributed by atoms with E-state index in [1.54, 1.807) is 12.2 Å². The summed E-state index contributed by atoms with van der Waals surface area (Å²) in [7, 11) is 0. The minimum atomic E-state index is -0.400. The third-order valence-electron chi connectivity index (χ3n) is 1.56. The Balaban J connectivity index is 2.44. The van der Waals surface area contributed by atoms with Gasteiger partial charge in [0, 0.05) is 18.5 Å². The first-order chi connectivity index (χ1) is 7.26. The Morgan fingerprint density at radius 2 is 2.53 bits per heavy atom. The van der Waals surface area contributed by atoms with E-state index in [-0.39, 0.29) is 18.1 Å². The van der Waals surface area contributed by atoms with Crippen LogP contribution in [0.4, 0.5) is 3.89 Å². The zero-order valence-electron chi connectivity index (χ0n) is 7.74. The van der Waals surface area contributed by atoms with Gasteiger partial charge in [-0.15, -0.1) is 0 Å². The fraction of sp³-hybridized carbons (Fsp3) is 0.111. The van der Waals surface area contributed by atoms with Gasteiger partial charge < -0.3 is 16.0 Å². The van der Waals surface area contributed by atoms with E-state index in [1.165, 1.54) is 18.4 Å². The third kappa shape index (κ3) is 3.99. The van der Waals surface area contributed by atoms with Crippen molar-refractivity contribution in [1.82, 2.24) is 10.6 Å². The van der Waals surface area contributed by atoms with E-state index in [0.29, 0.717) is 5.70 Å². The Bertz CT molecular complexity index is 338. The zero-order valence-corrected chi connectivity index (χ0v) is 8.55. The molecule has 1 rings (SSSR count). The maximum absolute atomic E-state index is 12.1. The van der Waals surface area contributed by atoms with Gasteiger partial charge in [-0.3, -0.25) is 4.79 Å². The van der Waals surface area contributed by atoms with E-state index in [1.807, 2.05) is 0 Å². The summed E-state index contributed by atoms with van der Waals surface area (Å²) in [6.45, 7) is 0. The molecule has 0 aromatic rings. The van der Waals surface area contributed by atoms with Gasteiger partial charge in [0.05, 0.1) is 17.8 Å². The van der Waals surface area contributed by atoms with Crippen molar-refractivity contribution in [2.24, 2.45) is 0 Å². The van der Waals surface area contributed by atoms with Crippen molar-refractivity contribution in [2.45, 2.75) is 5.37 Å². The number of amides is 1. The van der Waals surface area contributed by atoms with Crippen LogP contribution in [0, 0.1) is 5.41 Å². The molecule has 0 aromatic heterocycles. The van der Waals surface area contributed by atoms with Crippen molar-refractivity contribution >= 4 is 24.3 Å². The van der Waals surface area contributed by atoms with Gasteiger partial charge in [-0.2, -0.15) is 3.89 Å². The molecular weight excluding hydrogens is 217 g/mol. The van der Waals surface area contributed by atoms with Gasteiger partial charge in [0.1, 0.15) is 5.37 Å². The van der Waals surface area contributed by atoms with Crippen LogP contribution >= 0.6 is 12.1 Å². The number of nitrogens with one attached hydrogen (secondary N) is 3. The second-order valence-electron chi connectivity index (χ2n) is 2.65. The lowest BCUT2D eigenvalue weighted by atomic mass is 10.3. The summed E-state index contributed by atoms with van der Waals surface area (Å²) in [5.41, 5.74) is 0.555. The first-order valence-corrected chi connectivity index (χ1v) is 4.94. The molecule has 0 aromatic carbocycles. The topological polar surface area (TPSA) is 65.0 Å². The maximum atomic E-state index is 12.1. The summed E-state index contributed by atoms with van der Waals surface area (Å²) in [5, 5.41) is 11.6. The maximum Gasteiger partial charge on any atom is 0.248 e. The third-order valence-corrected chi connectivity index (χ3v) is 2.05. The van der Waals surface area contributed by atoms with Gasteiger partial charge >= 0.3 is 0 Å². The highest BCUT2D eigenvalue weighted by Crippen LogP contribution is 2.13. The highest BCUT2D eigenvalue weighted by atomic mass is 32.2. The van der Waals surface area contributed by atoms with Crippen LogP contribution in [0.5, 0.6) is 0 Å². The predicted octanol–water partition coefficient (Wildman–Crippen LogP) is 1.25. The van der Waals surface area contributed by atoms with Crippen molar-refractivity contribution in [3.8, 4) is 0 Å². The molecule has 0 bridgehead atoms. The molecule has 6 heteroatoms. The molecule has 0 saturated heterocycles. The fourth-order valence-electron chi connectivity index (χ4n) is 0.919. The Labute approximate surface area is 91.1 Å². The predicted molar refractivity (Wildman–Crippen MR) is 58.9 cm³/mol. The number of allylic oxidation sites excluding steroid dienone is 2. The number of dihydropyridines is 1. The van der Waals surface area contributed by atoms with E-state index < -0.39 is 5.37 Å². The lowest BCUT2D eigenvalue weighted by molar-refractivity contribution is -0.115. The summed E-state index contributed by atoms with van der Waals surface area (Å²) >= 11 is 0.182. The second kappa shape index (κ2) is 6.02. The highest BCUT2D eigenvalue weighted by Gasteiger charge is 2.08. The van der Waals surface area contributed by atoms with Crippen molar-refractivity contribution in [3.05, 3.63) is 36.2 Å². The Morgan fingerprint density at radius 1 is 1.73 bits per heavy atom. The van der Waals surface area contributed by atoms with E-state index in [4.69, 9.17) is 5.41 Å². The monoisotopic (exact) mass is 227 g/mol. The summed E-state index contributed by atoms with van der Waals surface area (Å²) in [6, 6.07) is 0. The average Bonchev–Trinajstić information content (AvgIpc) is 2.27. The first-order valence-electron chi connectivity index (χ1n) is 4.16. The average molecular weight is 227 g/mol. The zero-order chi connectivity index (χ0) is 11.1. The smallest absolute Gasteiger partial charge is 0.248 e. The van der Waals surface area contributed by atoms with Crippen molar-refractivity contribution in [3.63, 3.8) is 0 Å². The molecule has 4 nitrogen and oxygen atoms in total. The van der Waals surface area contributed by atoms with E-state index in [0.717, 1.165) is 6.21 Å². The van der Waals surface area contributed by atoms with Gasteiger partial charge in [0.15, 0.2) is 0 Å². The number of hydrogen-bond donors (Lipinski definition) is 3. The van der Waals surface area contributed by atoms with Gasteiger partial charge in [0.2, 0.25) is 5.91 Å². The van der Waals surface area contributed by atoms with Crippen LogP contribution in [0.3, 0.4) is 0 Å². The quantitative estimate of drug-likeness (QED) is 0.500. The number of carbonyl (C=O) groups excluding carboxylic acids is 1. The number of hydrogen-bond acceptors (Lipinski definition) is 4. The van der Waals surface area contributed by atoms with Crippen molar-refractivity contribution in [2.75, 3.05) is 0 Å². The van der Waals surface area contributed by atoms with Crippen molar-refractivity contribution in [1.29, 1.82) is 5.41 Å². The fourth-order valence-corrected chi connectivity index (χ4v) is 1.18. The molecule has 15 heavy (non-hydrogen) atoms. The van der Waals surface area contributed by atoms with Gasteiger partial charge in [-0.1, -0.05) is 0 Å². The van der Waals surface area contributed by atoms with Gasteiger partial charge in [-0.05, 0) is 18.2 Å². The largest absolute Gasteiger partial charge is 0.372 e. The normalized spacial score (nSPS) is 19.5. The molecule has 0 saturated carbocycles. The lowest BCUT2D eigenvalue weighted by Crippen LogP contribution is -2.27. The van der Waals surface area contributed by atoms with Crippen LogP contribution in [-0.4, -0.2) is 17.5 Å². The standard InChI is InChI=1S/C9H10FN3OS/c10-15-9-4-3-7(6-12-9)13-8(14)2-1-5-11/h1-6,9,11-12H,(H,13,14)/b2-1-,11-5?. The Kier molecular flexibility index (Phi) is 4.62. The molecule has 1 amide bonds. The molecule has 0 radical (unpaired) electrons. The summed E-state index contributed by atoms with van der Waals surface area (Å²) in [6.07, 6.45) is 8.30. The van der Waals surface area contributed by atoms with Crippen LogP contribution in [0.15, 0.2) is 36.2 Å². The molecule has 3 N–H and O–H groups in total. The lowest BCUT2D eigenvalue weighted by Gasteiger charge is -2.14. The van der Waals surface area contributed by atoms with Crippen LogP contribution < -0.4 is 10.6 Å². The number of carbonyl (C=O) groups is 1. The minimum absolute atomic E-state index is 0.182. The number of rotatable bonds is 4. The SMILES string of the molecule is N=C/C=C\C(=O)NC1=CNC(SF)C=C1. The molecule has 1 unspecified atom stereocenters. The molecule has 80 valence electrons. The van der Waals surface area contributed by atoms with E-state index in [2.05, 4.69) is 10.6 Å².